The molecule has 188 valence electrons. The molecule has 3 N–H and O–H groups in total. The number of halogens is 2. The van der Waals surface area contributed by atoms with Crippen molar-refractivity contribution in [1.29, 1.82) is 0 Å². The Bertz CT molecular complexity index is 1270. The lowest BCUT2D eigenvalue weighted by molar-refractivity contribution is -0.137. The standard InChI is InChI=1S/C24H25ClFN7O3/c25-17-8-16(10-28-11-17)21-14-33(31-30-21)13-15-4-3-7-32(12-15)24(36)20(9-22(27)34)29-23(35)18-5-1-2-6-19(18)26/h1-2,5-6,8,10-11,14-15,20H,3-4,7,9,12-13H2,(H2,27,34)(H,29,35). The molecule has 0 radical (unpaired) electrons. The first-order valence-corrected chi connectivity index (χ1v) is 11.8. The highest BCUT2D eigenvalue weighted by molar-refractivity contribution is 6.30. The maximum absolute atomic E-state index is 14.0. The van der Waals surface area contributed by atoms with Gasteiger partial charge in [-0.1, -0.05) is 28.9 Å². The smallest absolute Gasteiger partial charge is 0.254 e. The molecule has 1 aliphatic heterocycles. The monoisotopic (exact) mass is 513 g/mol. The van der Waals surface area contributed by atoms with Gasteiger partial charge in [-0.15, -0.1) is 5.10 Å². The minimum absolute atomic E-state index is 0.0752. The third-order valence-electron chi connectivity index (χ3n) is 5.94. The number of benzene rings is 1. The van der Waals surface area contributed by atoms with Gasteiger partial charge in [0.1, 0.15) is 17.6 Å². The highest BCUT2D eigenvalue weighted by atomic mass is 35.5. The number of hydrogen-bond acceptors (Lipinski definition) is 6. The van der Waals surface area contributed by atoms with E-state index < -0.39 is 29.6 Å². The number of likely N-dealkylation sites (tertiary alicyclic amines) is 1. The van der Waals surface area contributed by atoms with Crippen LogP contribution in [0.2, 0.25) is 5.02 Å². The molecule has 10 nitrogen and oxygen atoms in total. The Morgan fingerprint density at radius 3 is 2.81 bits per heavy atom. The van der Waals surface area contributed by atoms with E-state index in [1.165, 1.54) is 24.4 Å². The molecule has 3 aromatic rings. The van der Waals surface area contributed by atoms with E-state index >= 15 is 0 Å². The van der Waals surface area contributed by atoms with Crippen LogP contribution in [0.3, 0.4) is 0 Å². The van der Waals surface area contributed by atoms with Crippen molar-refractivity contribution in [2.75, 3.05) is 13.1 Å². The molecule has 1 fully saturated rings. The van der Waals surface area contributed by atoms with Gasteiger partial charge in [-0.05, 0) is 37.0 Å². The maximum atomic E-state index is 14.0. The lowest BCUT2D eigenvalue weighted by Gasteiger charge is -2.35. The Labute approximate surface area is 211 Å². The van der Waals surface area contributed by atoms with Crippen LogP contribution in [0.1, 0.15) is 29.6 Å². The summed E-state index contributed by atoms with van der Waals surface area (Å²) in [5, 5.41) is 11.3. The molecule has 2 aromatic heterocycles. The summed E-state index contributed by atoms with van der Waals surface area (Å²) in [7, 11) is 0. The second kappa shape index (κ2) is 11.3. The number of nitrogens with two attached hydrogens (primary N) is 1. The number of rotatable bonds is 8. The second-order valence-electron chi connectivity index (χ2n) is 8.69. The fraction of sp³-hybridized carbons (Fsp3) is 0.333. The molecule has 1 saturated heterocycles. The molecule has 3 heterocycles. The Kier molecular flexibility index (Phi) is 7.89. The summed E-state index contributed by atoms with van der Waals surface area (Å²) in [4.78, 5) is 43.1. The zero-order valence-corrected chi connectivity index (χ0v) is 20.1. The van der Waals surface area contributed by atoms with Gasteiger partial charge in [0.25, 0.3) is 5.91 Å². The van der Waals surface area contributed by atoms with Gasteiger partial charge in [-0.2, -0.15) is 0 Å². The fourth-order valence-electron chi connectivity index (χ4n) is 4.25. The molecule has 1 aliphatic rings. The molecule has 0 saturated carbocycles. The molecular formula is C24H25ClFN7O3. The van der Waals surface area contributed by atoms with Gasteiger partial charge >= 0.3 is 0 Å². The number of nitrogens with zero attached hydrogens (tertiary/aromatic N) is 5. The lowest BCUT2D eigenvalue weighted by Crippen LogP contribution is -2.53. The molecular weight excluding hydrogens is 489 g/mol. The number of hydrogen-bond donors (Lipinski definition) is 2. The number of nitrogens with one attached hydrogen (secondary N) is 1. The molecule has 0 spiro atoms. The Hall–Kier alpha value is -3.86. The van der Waals surface area contributed by atoms with E-state index in [2.05, 4.69) is 20.6 Å². The number of pyridine rings is 1. The summed E-state index contributed by atoms with van der Waals surface area (Å²) in [5.74, 6) is -2.62. The third-order valence-corrected chi connectivity index (χ3v) is 6.15. The van der Waals surface area contributed by atoms with E-state index in [1.54, 1.807) is 28.0 Å². The number of primary amides is 1. The summed E-state index contributed by atoms with van der Waals surface area (Å²) < 4.78 is 15.7. The number of aromatic nitrogens is 4. The third kappa shape index (κ3) is 6.22. The van der Waals surface area contributed by atoms with Crippen LogP contribution in [-0.4, -0.2) is 61.7 Å². The minimum Gasteiger partial charge on any atom is -0.370 e. The van der Waals surface area contributed by atoms with Gasteiger partial charge in [0.2, 0.25) is 11.8 Å². The first kappa shape index (κ1) is 25.2. The Morgan fingerprint density at radius 1 is 1.25 bits per heavy atom. The van der Waals surface area contributed by atoms with Crippen LogP contribution in [0.5, 0.6) is 0 Å². The van der Waals surface area contributed by atoms with Gasteiger partial charge in [-0.3, -0.25) is 24.0 Å². The molecule has 0 aliphatic carbocycles. The normalized spacial score (nSPS) is 16.4. The van der Waals surface area contributed by atoms with Gasteiger partial charge in [0, 0.05) is 37.6 Å². The number of carbonyl (C=O) groups excluding carboxylic acids is 3. The van der Waals surface area contributed by atoms with Crippen molar-refractivity contribution < 1.29 is 18.8 Å². The van der Waals surface area contributed by atoms with Crippen molar-refractivity contribution in [1.82, 2.24) is 30.2 Å². The maximum Gasteiger partial charge on any atom is 0.254 e. The van der Waals surface area contributed by atoms with E-state index in [-0.39, 0.29) is 17.9 Å². The number of amides is 3. The molecule has 2 atom stereocenters. The van der Waals surface area contributed by atoms with Crippen LogP contribution in [0, 0.1) is 11.7 Å². The van der Waals surface area contributed by atoms with Crippen molar-refractivity contribution in [2.45, 2.75) is 31.8 Å². The Morgan fingerprint density at radius 2 is 2.06 bits per heavy atom. The van der Waals surface area contributed by atoms with Gasteiger partial charge in [-0.25, -0.2) is 4.39 Å². The molecule has 3 amide bonds. The largest absolute Gasteiger partial charge is 0.370 e. The first-order chi connectivity index (χ1) is 17.3. The van der Waals surface area contributed by atoms with E-state index in [4.69, 9.17) is 17.3 Å². The summed E-state index contributed by atoms with van der Waals surface area (Å²) >= 11 is 6.01. The van der Waals surface area contributed by atoms with Gasteiger partial charge in [0.15, 0.2) is 0 Å². The average molecular weight is 514 g/mol. The van der Waals surface area contributed by atoms with Crippen LogP contribution in [0.25, 0.3) is 11.3 Å². The van der Waals surface area contributed by atoms with Crippen molar-refractivity contribution in [3.63, 3.8) is 0 Å². The minimum atomic E-state index is -1.19. The lowest BCUT2D eigenvalue weighted by atomic mass is 9.97. The summed E-state index contributed by atoms with van der Waals surface area (Å²) in [6.45, 7) is 1.39. The molecule has 36 heavy (non-hydrogen) atoms. The van der Waals surface area contributed by atoms with Crippen LogP contribution in [0.4, 0.5) is 4.39 Å². The van der Waals surface area contributed by atoms with E-state index in [1.807, 2.05) is 0 Å². The van der Waals surface area contributed by atoms with E-state index in [9.17, 15) is 18.8 Å². The second-order valence-corrected chi connectivity index (χ2v) is 9.12. The van der Waals surface area contributed by atoms with Crippen molar-refractivity contribution >= 4 is 29.3 Å². The van der Waals surface area contributed by atoms with E-state index in [0.29, 0.717) is 30.4 Å². The SMILES string of the molecule is NC(=O)CC(NC(=O)c1ccccc1F)C(=O)N1CCCC(Cn2cc(-c3cncc(Cl)c3)nn2)C1. The number of piperidine rings is 1. The highest BCUT2D eigenvalue weighted by Crippen LogP contribution is 2.22. The first-order valence-electron chi connectivity index (χ1n) is 11.4. The molecule has 12 heteroatoms. The summed E-state index contributed by atoms with van der Waals surface area (Å²) in [6.07, 6.45) is 6.18. The van der Waals surface area contributed by atoms with Crippen molar-refractivity contribution in [2.24, 2.45) is 11.7 Å². The van der Waals surface area contributed by atoms with Crippen LogP contribution in [0.15, 0.2) is 48.9 Å². The molecule has 2 unspecified atom stereocenters. The Balaban J connectivity index is 1.42. The molecule has 4 rings (SSSR count). The zero-order valence-electron chi connectivity index (χ0n) is 19.3. The van der Waals surface area contributed by atoms with Crippen molar-refractivity contribution in [3.8, 4) is 11.3 Å². The predicted octanol–water partition coefficient (Wildman–Crippen LogP) is 2.05. The van der Waals surface area contributed by atoms with Crippen molar-refractivity contribution in [3.05, 3.63) is 65.3 Å². The number of carbonyl (C=O) groups is 3. The quantitative estimate of drug-likeness (QED) is 0.473. The average Bonchev–Trinajstić information content (AvgIpc) is 3.32. The van der Waals surface area contributed by atoms with E-state index in [0.717, 1.165) is 24.5 Å². The highest BCUT2D eigenvalue weighted by Gasteiger charge is 2.32. The summed E-state index contributed by atoms with van der Waals surface area (Å²) in [5.41, 5.74) is 6.49. The van der Waals surface area contributed by atoms with Crippen LogP contribution in [-0.2, 0) is 16.1 Å². The molecule has 0 bridgehead atoms. The zero-order chi connectivity index (χ0) is 25.7. The fourth-order valence-corrected chi connectivity index (χ4v) is 4.43. The topological polar surface area (TPSA) is 136 Å². The predicted molar refractivity (Wildman–Crippen MR) is 129 cm³/mol. The van der Waals surface area contributed by atoms with Gasteiger partial charge < -0.3 is 16.0 Å². The van der Waals surface area contributed by atoms with Crippen LogP contribution >= 0.6 is 11.6 Å². The van der Waals surface area contributed by atoms with Gasteiger partial charge in [0.05, 0.1) is 23.2 Å². The molecule has 1 aromatic carbocycles. The van der Waals surface area contributed by atoms with Crippen LogP contribution < -0.4 is 11.1 Å². The summed E-state index contributed by atoms with van der Waals surface area (Å²) in [6, 6.07) is 5.97.